The number of anilines is 1. The summed E-state index contributed by atoms with van der Waals surface area (Å²) in [6.45, 7) is 0.420. The van der Waals surface area contributed by atoms with Crippen LogP contribution >= 0.6 is 23.2 Å². The van der Waals surface area contributed by atoms with E-state index in [4.69, 9.17) is 27.9 Å². The van der Waals surface area contributed by atoms with Gasteiger partial charge in [-0.25, -0.2) is 5.43 Å². The van der Waals surface area contributed by atoms with Crippen LogP contribution in [0.3, 0.4) is 0 Å². The third kappa shape index (κ3) is 6.25. The largest absolute Gasteiger partial charge is 0.488 e. The normalized spacial score (nSPS) is 11.0. The fourth-order valence-corrected chi connectivity index (χ4v) is 3.70. The molecule has 0 heterocycles. The van der Waals surface area contributed by atoms with Gasteiger partial charge in [0.2, 0.25) is 0 Å². The summed E-state index contributed by atoms with van der Waals surface area (Å²) >= 11 is 12.2. The highest BCUT2D eigenvalue weighted by Gasteiger charge is 2.06. The van der Waals surface area contributed by atoms with Crippen molar-refractivity contribution in [2.24, 2.45) is 5.10 Å². The number of hydrogen-bond acceptors (Lipinski definition) is 4. The predicted octanol–water partition coefficient (Wildman–Crippen LogP) is 6.29. The summed E-state index contributed by atoms with van der Waals surface area (Å²) in [5, 5.41) is 10.6. The molecule has 0 spiro atoms. The monoisotopic (exact) mass is 477 g/mol. The fourth-order valence-electron chi connectivity index (χ4n) is 3.31. The zero-order valence-corrected chi connectivity index (χ0v) is 19.1. The first-order valence-corrected chi connectivity index (χ1v) is 11.0. The van der Waals surface area contributed by atoms with E-state index in [9.17, 15) is 4.79 Å². The van der Waals surface area contributed by atoms with Crippen LogP contribution in [0.5, 0.6) is 5.75 Å². The summed E-state index contributed by atoms with van der Waals surface area (Å²) in [5.74, 6) is 0.314. The van der Waals surface area contributed by atoms with Gasteiger partial charge in [0, 0.05) is 26.7 Å². The number of fused-ring (bicyclic) bond motifs is 1. The van der Waals surface area contributed by atoms with Crippen molar-refractivity contribution in [3.05, 3.63) is 106 Å². The minimum absolute atomic E-state index is 0.0824. The minimum atomic E-state index is -0.275. The lowest BCUT2D eigenvalue weighted by Gasteiger charge is -2.10. The number of halogens is 2. The SMILES string of the molecule is O=C(CNc1cccc2ccccc12)N/N=C\c1cc(Cl)ccc1OCc1cccc(Cl)c1. The smallest absolute Gasteiger partial charge is 0.259 e. The lowest BCUT2D eigenvalue weighted by molar-refractivity contribution is -0.119. The Hall–Kier alpha value is -3.54. The fraction of sp³-hybridized carbons (Fsp3) is 0.0769. The van der Waals surface area contributed by atoms with E-state index in [1.54, 1.807) is 18.2 Å². The maximum atomic E-state index is 12.3. The summed E-state index contributed by atoms with van der Waals surface area (Å²) in [5.41, 5.74) is 5.00. The summed E-state index contributed by atoms with van der Waals surface area (Å²) in [6, 6.07) is 26.6. The standard InChI is InChI=1S/C26H21Cl2N3O2/c27-21-8-3-5-18(13-21)17-33-25-12-11-22(28)14-20(25)15-30-31-26(32)16-29-24-10-4-7-19-6-1-2-9-23(19)24/h1-15,29H,16-17H2,(H,31,32)/b30-15-. The lowest BCUT2D eigenvalue weighted by atomic mass is 10.1. The van der Waals surface area contributed by atoms with Crippen LogP contribution in [-0.4, -0.2) is 18.7 Å². The van der Waals surface area contributed by atoms with Gasteiger partial charge in [-0.2, -0.15) is 5.10 Å². The first kappa shape index (κ1) is 22.6. The zero-order chi connectivity index (χ0) is 23.0. The molecule has 7 heteroatoms. The highest BCUT2D eigenvalue weighted by molar-refractivity contribution is 6.31. The number of amides is 1. The molecule has 0 fully saturated rings. The van der Waals surface area contributed by atoms with Crippen LogP contribution in [0.1, 0.15) is 11.1 Å². The molecule has 5 nitrogen and oxygen atoms in total. The van der Waals surface area contributed by atoms with E-state index in [0.29, 0.717) is 28.0 Å². The van der Waals surface area contributed by atoms with Gasteiger partial charge in [-0.1, -0.05) is 71.7 Å². The number of nitrogens with one attached hydrogen (secondary N) is 2. The molecule has 0 radical (unpaired) electrons. The van der Waals surface area contributed by atoms with Gasteiger partial charge in [-0.3, -0.25) is 4.79 Å². The van der Waals surface area contributed by atoms with Gasteiger partial charge in [0.05, 0.1) is 12.8 Å². The van der Waals surface area contributed by atoms with E-state index in [0.717, 1.165) is 22.0 Å². The van der Waals surface area contributed by atoms with Crippen molar-refractivity contribution >= 4 is 51.8 Å². The molecule has 0 saturated heterocycles. The Bertz CT molecular complexity index is 1300. The molecule has 0 unspecified atom stereocenters. The summed E-state index contributed by atoms with van der Waals surface area (Å²) in [6.07, 6.45) is 1.51. The Morgan fingerprint density at radius 2 is 1.70 bits per heavy atom. The van der Waals surface area contributed by atoms with E-state index in [1.807, 2.05) is 66.7 Å². The number of ether oxygens (including phenoxy) is 1. The van der Waals surface area contributed by atoms with Crippen LogP contribution in [0.15, 0.2) is 90.0 Å². The molecule has 0 atom stereocenters. The van der Waals surface area contributed by atoms with E-state index >= 15 is 0 Å². The molecule has 0 saturated carbocycles. The van der Waals surface area contributed by atoms with Crippen LogP contribution in [0.25, 0.3) is 10.8 Å². The van der Waals surface area contributed by atoms with Crippen LogP contribution in [-0.2, 0) is 11.4 Å². The molecule has 1 amide bonds. The van der Waals surface area contributed by atoms with Crippen LogP contribution < -0.4 is 15.5 Å². The summed E-state index contributed by atoms with van der Waals surface area (Å²) < 4.78 is 5.90. The second-order valence-electron chi connectivity index (χ2n) is 7.27. The van der Waals surface area contributed by atoms with Gasteiger partial charge >= 0.3 is 0 Å². The number of carbonyl (C=O) groups is 1. The number of hydrazone groups is 1. The van der Waals surface area contributed by atoms with Crippen molar-refractivity contribution in [1.29, 1.82) is 0 Å². The predicted molar refractivity (Wildman–Crippen MR) is 135 cm³/mol. The quantitative estimate of drug-likeness (QED) is 0.231. The zero-order valence-electron chi connectivity index (χ0n) is 17.6. The van der Waals surface area contributed by atoms with E-state index in [-0.39, 0.29) is 12.5 Å². The highest BCUT2D eigenvalue weighted by atomic mass is 35.5. The van der Waals surface area contributed by atoms with Crippen LogP contribution in [0.4, 0.5) is 5.69 Å². The first-order chi connectivity index (χ1) is 16.1. The van der Waals surface area contributed by atoms with Crippen molar-refractivity contribution in [3.8, 4) is 5.75 Å². The van der Waals surface area contributed by atoms with Crippen LogP contribution in [0.2, 0.25) is 10.0 Å². The van der Waals surface area contributed by atoms with Gasteiger partial charge < -0.3 is 10.1 Å². The highest BCUT2D eigenvalue weighted by Crippen LogP contribution is 2.24. The Morgan fingerprint density at radius 1 is 0.909 bits per heavy atom. The van der Waals surface area contributed by atoms with Crippen LogP contribution in [0, 0.1) is 0 Å². The van der Waals surface area contributed by atoms with Crippen molar-refractivity contribution < 1.29 is 9.53 Å². The van der Waals surface area contributed by atoms with E-state index in [1.165, 1.54) is 6.21 Å². The number of rotatable bonds is 8. The maximum Gasteiger partial charge on any atom is 0.259 e. The van der Waals surface area contributed by atoms with Gasteiger partial charge in [-0.05, 0) is 47.3 Å². The first-order valence-electron chi connectivity index (χ1n) is 10.3. The molecule has 0 aromatic heterocycles. The molecule has 0 bridgehead atoms. The molecule has 166 valence electrons. The van der Waals surface area contributed by atoms with Gasteiger partial charge in [0.25, 0.3) is 5.91 Å². The van der Waals surface area contributed by atoms with Crippen molar-refractivity contribution in [3.63, 3.8) is 0 Å². The minimum Gasteiger partial charge on any atom is -0.488 e. The number of nitrogens with zero attached hydrogens (tertiary/aromatic N) is 1. The molecule has 4 rings (SSSR count). The lowest BCUT2D eigenvalue weighted by Crippen LogP contribution is -2.26. The third-order valence-electron chi connectivity index (χ3n) is 4.88. The number of benzene rings is 4. The maximum absolute atomic E-state index is 12.3. The van der Waals surface area contributed by atoms with Gasteiger partial charge in [-0.15, -0.1) is 0 Å². The molecule has 0 aliphatic carbocycles. The second-order valence-corrected chi connectivity index (χ2v) is 8.15. The van der Waals surface area contributed by atoms with Crippen molar-refractivity contribution in [1.82, 2.24) is 5.43 Å². The molecule has 2 N–H and O–H groups in total. The van der Waals surface area contributed by atoms with Gasteiger partial charge in [0.15, 0.2) is 0 Å². The van der Waals surface area contributed by atoms with E-state index < -0.39 is 0 Å². The molecule has 0 aliphatic rings. The average molecular weight is 478 g/mol. The second kappa shape index (κ2) is 10.9. The molecular weight excluding hydrogens is 457 g/mol. The molecule has 33 heavy (non-hydrogen) atoms. The number of carbonyl (C=O) groups excluding carboxylic acids is 1. The Balaban J connectivity index is 1.36. The topological polar surface area (TPSA) is 62.7 Å². The number of hydrogen-bond donors (Lipinski definition) is 2. The van der Waals surface area contributed by atoms with Crippen molar-refractivity contribution in [2.45, 2.75) is 6.61 Å². The van der Waals surface area contributed by atoms with Crippen molar-refractivity contribution in [2.75, 3.05) is 11.9 Å². The molecule has 0 aliphatic heterocycles. The van der Waals surface area contributed by atoms with E-state index in [2.05, 4.69) is 15.8 Å². The Kier molecular flexibility index (Phi) is 7.45. The average Bonchev–Trinajstić information content (AvgIpc) is 2.82. The molecule has 4 aromatic rings. The Labute approximate surface area is 202 Å². The third-order valence-corrected chi connectivity index (χ3v) is 5.35. The molecular formula is C26H21Cl2N3O2. The van der Waals surface area contributed by atoms with Gasteiger partial charge in [0.1, 0.15) is 12.4 Å². The summed E-state index contributed by atoms with van der Waals surface area (Å²) in [4.78, 5) is 12.3. The summed E-state index contributed by atoms with van der Waals surface area (Å²) in [7, 11) is 0. The Morgan fingerprint density at radius 3 is 2.58 bits per heavy atom. The molecule has 4 aromatic carbocycles.